The highest BCUT2D eigenvalue weighted by molar-refractivity contribution is 5.98. The summed E-state index contributed by atoms with van der Waals surface area (Å²) < 4.78 is 0. The number of rotatable bonds is 4. The fraction of sp³-hybridized carbons (Fsp3) is 0.767. The van der Waals surface area contributed by atoms with Crippen molar-refractivity contribution in [2.24, 2.45) is 39.4 Å². The van der Waals surface area contributed by atoms with E-state index in [1.807, 2.05) is 27.7 Å². The molecule has 0 radical (unpaired) electrons. The number of carbonyl (C=O) groups is 3. The van der Waals surface area contributed by atoms with Gasteiger partial charge in [-0.25, -0.2) is 0 Å². The van der Waals surface area contributed by atoms with Crippen LogP contribution in [0, 0.1) is 39.4 Å². The molecule has 4 aliphatic rings. The predicted octanol–water partition coefficient (Wildman–Crippen LogP) is 2.93. The average Bonchev–Trinajstić information content (AvgIpc) is 2.96. The second kappa shape index (κ2) is 8.17. The molecule has 0 aliphatic heterocycles. The number of hydrogen-bond donors (Lipinski definition) is 4. The molecule has 0 aromatic heterocycles. The number of aliphatic hydroxyl groups excluding tert-OH is 2. The van der Waals surface area contributed by atoms with E-state index in [0.29, 0.717) is 12.8 Å². The van der Waals surface area contributed by atoms with Crippen molar-refractivity contribution in [3.05, 3.63) is 23.8 Å². The lowest BCUT2D eigenvalue weighted by atomic mass is 9.38. The zero-order chi connectivity index (χ0) is 28.1. The topological polar surface area (TPSA) is 132 Å². The molecule has 0 bridgehead atoms. The van der Waals surface area contributed by atoms with Gasteiger partial charge in [0, 0.05) is 23.2 Å². The highest BCUT2D eigenvalue weighted by Gasteiger charge is 2.74. The van der Waals surface area contributed by atoms with Crippen LogP contribution in [0.5, 0.6) is 0 Å². The molecule has 0 amide bonds. The van der Waals surface area contributed by atoms with Crippen LogP contribution in [0.1, 0.15) is 81.1 Å². The second-order valence-electron chi connectivity index (χ2n) is 14.2. The van der Waals surface area contributed by atoms with E-state index in [-0.39, 0.29) is 36.2 Å². The Balaban J connectivity index is 1.80. The van der Waals surface area contributed by atoms with Crippen molar-refractivity contribution in [2.75, 3.05) is 0 Å². The van der Waals surface area contributed by atoms with Crippen LogP contribution in [-0.4, -0.2) is 61.2 Å². The molecule has 2 unspecified atom stereocenters. The molecule has 0 heterocycles. The van der Waals surface area contributed by atoms with Gasteiger partial charge in [-0.15, -0.1) is 0 Å². The first-order chi connectivity index (χ1) is 16.7. The molecule has 7 heteroatoms. The lowest BCUT2D eigenvalue weighted by Crippen LogP contribution is -2.65. The Morgan fingerprint density at radius 3 is 2.19 bits per heavy atom. The van der Waals surface area contributed by atoms with Crippen LogP contribution in [0.3, 0.4) is 0 Å². The number of ketones is 3. The van der Waals surface area contributed by atoms with E-state index in [4.69, 9.17) is 0 Å². The largest absolute Gasteiger partial charge is 0.393 e. The Kier molecular flexibility index (Phi) is 6.26. The third kappa shape index (κ3) is 3.71. The van der Waals surface area contributed by atoms with Crippen LogP contribution in [0.2, 0.25) is 0 Å². The molecule has 4 rings (SSSR count). The van der Waals surface area contributed by atoms with Gasteiger partial charge in [0.2, 0.25) is 0 Å². The fourth-order valence-corrected chi connectivity index (χ4v) is 9.00. The van der Waals surface area contributed by atoms with Crippen molar-refractivity contribution in [3.63, 3.8) is 0 Å². The summed E-state index contributed by atoms with van der Waals surface area (Å²) in [5, 5.41) is 43.7. The van der Waals surface area contributed by atoms with Crippen LogP contribution in [0.25, 0.3) is 0 Å². The first kappa shape index (κ1) is 28.3. The summed E-state index contributed by atoms with van der Waals surface area (Å²) in [6, 6.07) is 0. The monoisotopic (exact) mass is 516 g/mol. The van der Waals surface area contributed by atoms with Crippen molar-refractivity contribution in [1.82, 2.24) is 0 Å². The molecule has 0 aromatic carbocycles. The highest BCUT2D eigenvalue weighted by Crippen LogP contribution is 2.74. The number of hydrogen-bond acceptors (Lipinski definition) is 7. The minimum atomic E-state index is -1.95. The maximum atomic E-state index is 14.2. The van der Waals surface area contributed by atoms with Crippen LogP contribution in [0.4, 0.5) is 0 Å². The van der Waals surface area contributed by atoms with E-state index in [0.717, 1.165) is 5.57 Å². The van der Waals surface area contributed by atoms with Crippen LogP contribution in [-0.2, 0) is 14.4 Å². The minimum absolute atomic E-state index is 0.0141. The van der Waals surface area contributed by atoms with E-state index in [1.165, 1.54) is 32.9 Å². The number of aliphatic hydroxyl groups is 4. The number of fused-ring (bicyclic) bond motifs is 5. The Labute approximate surface area is 220 Å². The summed E-state index contributed by atoms with van der Waals surface area (Å²) in [5.74, 6) is -2.24. The van der Waals surface area contributed by atoms with Gasteiger partial charge in [-0.3, -0.25) is 14.4 Å². The van der Waals surface area contributed by atoms with Gasteiger partial charge in [-0.05, 0) is 82.6 Å². The van der Waals surface area contributed by atoms with Gasteiger partial charge in [0.05, 0.1) is 11.7 Å². The van der Waals surface area contributed by atoms with Gasteiger partial charge in [0.1, 0.15) is 17.5 Å². The summed E-state index contributed by atoms with van der Waals surface area (Å²) in [5.41, 5.74) is -5.46. The third-order valence-electron chi connectivity index (χ3n) is 11.1. The molecule has 9 atom stereocenters. The van der Waals surface area contributed by atoms with Crippen molar-refractivity contribution in [1.29, 1.82) is 0 Å². The van der Waals surface area contributed by atoms with Crippen LogP contribution in [0.15, 0.2) is 23.8 Å². The molecule has 3 saturated carbocycles. The van der Waals surface area contributed by atoms with Crippen molar-refractivity contribution < 1.29 is 34.8 Å². The summed E-state index contributed by atoms with van der Waals surface area (Å²) in [6.07, 6.45) is 3.54. The van der Waals surface area contributed by atoms with E-state index >= 15 is 0 Å². The molecular weight excluding hydrogens is 472 g/mol. The smallest absolute Gasteiger partial charge is 0.187 e. The molecule has 0 aromatic rings. The molecule has 37 heavy (non-hydrogen) atoms. The van der Waals surface area contributed by atoms with Gasteiger partial charge < -0.3 is 20.4 Å². The molecular formula is C30H44O7. The molecule has 0 spiro atoms. The maximum absolute atomic E-state index is 14.2. The minimum Gasteiger partial charge on any atom is -0.393 e. The van der Waals surface area contributed by atoms with E-state index in [2.05, 4.69) is 13.0 Å². The molecule has 7 nitrogen and oxygen atoms in total. The lowest BCUT2D eigenvalue weighted by Gasteiger charge is -2.64. The van der Waals surface area contributed by atoms with Crippen LogP contribution < -0.4 is 0 Å². The Bertz CT molecular complexity index is 1090. The van der Waals surface area contributed by atoms with Crippen molar-refractivity contribution in [3.8, 4) is 0 Å². The molecule has 4 aliphatic carbocycles. The first-order valence-electron chi connectivity index (χ1n) is 13.5. The summed E-state index contributed by atoms with van der Waals surface area (Å²) in [4.78, 5) is 40.2. The molecule has 206 valence electrons. The van der Waals surface area contributed by atoms with Crippen molar-refractivity contribution >= 4 is 17.3 Å². The Morgan fingerprint density at radius 2 is 1.62 bits per heavy atom. The zero-order valence-corrected chi connectivity index (χ0v) is 23.5. The zero-order valence-electron chi connectivity index (χ0n) is 23.5. The van der Waals surface area contributed by atoms with E-state index in [9.17, 15) is 34.8 Å². The van der Waals surface area contributed by atoms with Crippen molar-refractivity contribution in [2.45, 2.75) is 104 Å². The standard InChI is InChI=1S/C30H44O7/c1-25(2,36)12-11-21(33)30(8,37)23-19(32)14-27(5)20-10-9-16-17(13-18(31)24(35)26(16,3)4)29(20,7)22(34)15-28(23,27)6/h9,11-12,17-20,23,31-32,36-37H,10,13-15H2,1-8H3/t17-,18+,19-,20?,23+,27+,28-,29+,30?/m1/s1. The normalized spacial score (nSPS) is 45.1. The van der Waals surface area contributed by atoms with Gasteiger partial charge in [0.15, 0.2) is 11.6 Å². The summed E-state index contributed by atoms with van der Waals surface area (Å²) >= 11 is 0. The van der Waals surface area contributed by atoms with E-state index < -0.39 is 56.8 Å². The van der Waals surface area contributed by atoms with Crippen LogP contribution >= 0.6 is 0 Å². The SMILES string of the molecule is CC(C)(O)C=CC(=O)C(C)(O)[C@H]1[C@H](O)C[C@@]2(C)C3CC=C4[C@@H](C[C@H](O)C(=O)C4(C)C)[C@]3(C)C(=O)C[C@]12C. The number of allylic oxidation sites excluding steroid dienone is 2. The lowest BCUT2D eigenvalue weighted by molar-refractivity contribution is -0.183. The number of Topliss-reactive ketones (excluding diaryl/α,β-unsaturated/α-hetero) is 2. The molecule has 3 fully saturated rings. The highest BCUT2D eigenvalue weighted by atomic mass is 16.3. The maximum Gasteiger partial charge on any atom is 0.187 e. The fourth-order valence-electron chi connectivity index (χ4n) is 9.00. The Hall–Kier alpha value is -1.67. The third-order valence-corrected chi connectivity index (χ3v) is 11.1. The molecule has 4 N–H and O–H groups in total. The summed E-state index contributed by atoms with van der Waals surface area (Å²) in [6.45, 7) is 14.0. The average molecular weight is 517 g/mol. The molecule has 0 saturated heterocycles. The van der Waals surface area contributed by atoms with Gasteiger partial charge in [-0.1, -0.05) is 38.5 Å². The Morgan fingerprint density at radius 1 is 1.03 bits per heavy atom. The first-order valence-corrected chi connectivity index (χ1v) is 13.5. The van der Waals surface area contributed by atoms with Gasteiger partial charge in [-0.2, -0.15) is 0 Å². The summed E-state index contributed by atoms with van der Waals surface area (Å²) in [7, 11) is 0. The second-order valence-corrected chi connectivity index (χ2v) is 14.2. The number of carbonyl (C=O) groups excluding carboxylic acids is 3. The quantitative estimate of drug-likeness (QED) is 0.334. The van der Waals surface area contributed by atoms with E-state index in [1.54, 1.807) is 0 Å². The van der Waals surface area contributed by atoms with Gasteiger partial charge >= 0.3 is 0 Å². The predicted molar refractivity (Wildman–Crippen MR) is 138 cm³/mol. The van der Waals surface area contributed by atoms with Gasteiger partial charge in [0.25, 0.3) is 0 Å².